The third-order valence-electron chi connectivity index (χ3n) is 2.33. The van der Waals surface area contributed by atoms with Crippen molar-refractivity contribution in [2.45, 2.75) is 38.4 Å². The first-order valence-corrected chi connectivity index (χ1v) is 5.64. The molecule has 14 heavy (non-hydrogen) atoms. The van der Waals surface area contributed by atoms with Crippen molar-refractivity contribution >= 4 is 16.9 Å². The number of hydrogen-bond donors (Lipinski definition) is 1. The molecule has 0 aromatic heterocycles. The molecule has 0 spiro atoms. The number of aliphatic hydroxyl groups excluding tert-OH is 1. The predicted molar refractivity (Wildman–Crippen MR) is 60.4 cm³/mol. The highest BCUT2D eigenvalue weighted by Crippen LogP contribution is 2.43. The molecule has 0 saturated heterocycles. The highest BCUT2D eigenvalue weighted by Gasteiger charge is 2.39. The van der Waals surface area contributed by atoms with Crippen molar-refractivity contribution in [1.82, 2.24) is 0 Å². The number of rotatable bonds is 3. The molecule has 0 saturated carbocycles. The van der Waals surface area contributed by atoms with Gasteiger partial charge in [-0.25, -0.2) is 0 Å². The molecular formula is C11H16O2S. The molecule has 1 aliphatic heterocycles. The largest absolute Gasteiger partial charge is 0.510 e. The highest BCUT2D eigenvalue weighted by atomic mass is 32.2. The number of hydrogen-bond acceptors (Lipinski definition) is 3. The maximum atomic E-state index is 11.3. The van der Waals surface area contributed by atoms with E-state index in [1.165, 1.54) is 11.8 Å². The van der Waals surface area contributed by atoms with Crippen LogP contribution in [0.1, 0.15) is 33.6 Å². The Kier molecular flexibility index (Phi) is 3.43. The standard InChI is InChI=1S/C11H16O2S/c1-4-5-6-7-11(3)9(12)8(2)10(13)14-11/h6-7,12H,4-5H2,1-3H3/t11-/m0/s1. The fourth-order valence-corrected chi connectivity index (χ4v) is 2.42. The van der Waals surface area contributed by atoms with Gasteiger partial charge in [0.05, 0.1) is 4.75 Å². The first-order valence-electron chi connectivity index (χ1n) is 4.82. The summed E-state index contributed by atoms with van der Waals surface area (Å²) >= 11 is 1.18. The van der Waals surface area contributed by atoms with Gasteiger partial charge in [0.2, 0.25) is 5.12 Å². The molecule has 1 atom stereocenters. The van der Waals surface area contributed by atoms with Crippen molar-refractivity contribution in [1.29, 1.82) is 0 Å². The van der Waals surface area contributed by atoms with Gasteiger partial charge in [0.25, 0.3) is 0 Å². The maximum absolute atomic E-state index is 11.3. The van der Waals surface area contributed by atoms with E-state index in [9.17, 15) is 9.90 Å². The molecule has 0 aromatic carbocycles. The molecule has 2 nitrogen and oxygen atoms in total. The van der Waals surface area contributed by atoms with Crippen LogP contribution in [-0.2, 0) is 4.79 Å². The van der Waals surface area contributed by atoms with Gasteiger partial charge in [0.1, 0.15) is 5.76 Å². The molecule has 78 valence electrons. The first-order chi connectivity index (χ1) is 6.51. The smallest absolute Gasteiger partial charge is 0.219 e. The molecule has 1 N–H and O–H groups in total. The van der Waals surface area contributed by atoms with E-state index in [4.69, 9.17) is 0 Å². The van der Waals surface area contributed by atoms with E-state index in [-0.39, 0.29) is 10.9 Å². The maximum Gasteiger partial charge on any atom is 0.219 e. The molecule has 1 aliphatic rings. The topological polar surface area (TPSA) is 37.3 Å². The Hall–Kier alpha value is -0.700. The van der Waals surface area contributed by atoms with Crippen molar-refractivity contribution in [2.75, 3.05) is 0 Å². The average Bonchev–Trinajstić information content (AvgIpc) is 2.32. The summed E-state index contributed by atoms with van der Waals surface area (Å²) in [4.78, 5) is 11.3. The molecule has 1 heterocycles. The lowest BCUT2D eigenvalue weighted by Gasteiger charge is -2.17. The van der Waals surface area contributed by atoms with Crippen molar-refractivity contribution in [2.24, 2.45) is 0 Å². The van der Waals surface area contributed by atoms with E-state index in [1.807, 2.05) is 19.1 Å². The second kappa shape index (κ2) is 4.22. The van der Waals surface area contributed by atoms with Crippen LogP contribution in [0.5, 0.6) is 0 Å². The number of carbonyl (C=O) groups excluding carboxylic acids is 1. The molecule has 0 fully saturated rings. The van der Waals surface area contributed by atoms with Crippen molar-refractivity contribution in [3.63, 3.8) is 0 Å². The van der Waals surface area contributed by atoms with Gasteiger partial charge < -0.3 is 5.11 Å². The fourth-order valence-electron chi connectivity index (χ4n) is 1.37. The lowest BCUT2D eigenvalue weighted by Crippen LogP contribution is -2.16. The molecule has 3 heteroatoms. The Morgan fingerprint density at radius 2 is 2.21 bits per heavy atom. The van der Waals surface area contributed by atoms with Crippen molar-refractivity contribution in [3.8, 4) is 0 Å². The van der Waals surface area contributed by atoms with Crippen LogP contribution in [0, 0.1) is 0 Å². The van der Waals surface area contributed by atoms with Gasteiger partial charge in [0, 0.05) is 5.57 Å². The van der Waals surface area contributed by atoms with Gasteiger partial charge in [-0.1, -0.05) is 37.3 Å². The quantitative estimate of drug-likeness (QED) is 0.730. The second-order valence-corrected chi connectivity index (χ2v) is 5.08. The van der Waals surface area contributed by atoms with E-state index in [1.54, 1.807) is 6.92 Å². The van der Waals surface area contributed by atoms with E-state index in [0.717, 1.165) is 12.8 Å². The Balaban J connectivity index is 2.83. The van der Waals surface area contributed by atoms with Gasteiger partial charge in [-0.2, -0.15) is 0 Å². The Labute approximate surface area is 89.1 Å². The van der Waals surface area contributed by atoms with Gasteiger partial charge in [-0.05, 0) is 20.3 Å². The number of aliphatic hydroxyl groups is 1. The molecule has 0 aromatic rings. The SMILES string of the molecule is CCCC=C[C@]1(C)SC(=O)C(C)=C1O. The summed E-state index contributed by atoms with van der Waals surface area (Å²) in [5.74, 6) is 0.208. The van der Waals surface area contributed by atoms with Crippen LogP contribution >= 0.6 is 11.8 Å². The van der Waals surface area contributed by atoms with Gasteiger partial charge in [0.15, 0.2) is 0 Å². The predicted octanol–water partition coefficient (Wildman–Crippen LogP) is 3.21. The number of thioether (sulfide) groups is 1. The zero-order valence-corrected chi connectivity index (χ0v) is 9.65. The zero-order valence-electron chi connectivity index (χ0n) is 8.83. The minimum atomic E-state index is -0.531. The molecule has 0 aliphatic carbocycles. The molecule has 0 unspecified atom stereocenters. The normalized spacial score (nSPS) is 28.1. The first kappa shape index (κ1) is 11.4. The summed E-state index contributed by atoms with van der Waals surface area (Å²) in [5, 5.41) is 9.75. The van der Waals surface area contributed by atoms with Crippen LogP contribution in [0.2, 0.25) is 0 Å². The number of carbonyl (C=O) groups is 1. The summed E-state index contributed by atoms with van der Waals surface area (Å²) in [6.07, 6.45) is 6.01. The Morgan fingerprint density at radius 3 is 2.64 bits per heavy atom. The van der Waals surface area contributed by atoms with Crippen LogP contribution in [0.25, 0.3) is 0 Å². The highest BCUT2D eigenvalue weighted by molar-refractivity contribution is 8.16. The molecule has 0 amide bonds. The van der Waals surface area contributed by atoms with E-state index in [2.05, 4.69) is 6.92 Å². The summed E-state index contributed by atoms with van der Waals surface area (Å²) in [6.45, 7) is 5.64. The zero-order chi connectivity index (χ0) is 10.8. The number of allylic oxidation sites excluding steroid dienone is 1. The van der Waals surface area contributed by atoms with E-state index < -0.39 is 4.75 Å². The molecule has 0 bridgehead atoms. The summed E-state index contributed by atoms with van der Waals surface area (Å²) in [5.41, 5.74) is 0.485. The molecule has 1 rings (SSSR count). The average molecular weight is 212 g/mol. The summed E-state index contributed by atoms with van der Waals surface area (Å²) in [6, 6.07) is 0. The minimum Gasteiger partial charge on any atom is -0.510 e. The molecular weight excluding hydrogens is 196 g/mol. The van der Waals surface area contributed by atoms with Crippen molar-refractivity contribution < 1.29 is 9.90 Å². The monoisotopic (exact) mass is 212 g/mol. The van der Waals surface area contributed by atoms with Crippen LogP contribution in [-0.4, -0.2) is 15.0 Å². The van der Waals surface area contributed by atoms with Crippen molar-refractivity contribution in [3.05, 3.63) is 23.5 Å². The summed E-state index contributed by atoms with van der Waals surface area (Å²) in [7, 11) is 0. The third kappa shape index (κ3) is 2.03. The van der Waals surface area contributed by atoms with Gasteiger partial charge in [-0.3, -0.25) is 4.79 Å². The lowest BCUT2D eigenvalue weighted by molar-refractivity contribution is -0.107. The van der Waals surface area contributed by atoms with Crippen LogP contribution in [0.3, 0.4) is 0 Å². The van der Waals surface area contributed by atoms with Gasteiger partial charge >= 0.3 is 0 Å². The van der Waals surface area contributed by atoms with Crippen LogP contribution < -0.4 is 0 Å². The van der Waals surface area contributed by atoms with Crippen LogP contribution in [0.15, 0.2) is 23.5 Å². The third-order valence-corrected chi connectivity index (χ3v) is 3.57. The fraction of sp³-hybridized carbons (Fsp3) is 0.545. The Morgan fingerprint density at radius 1 is 1.57 bits per heavy atom. The summed E-state index contributed by atoms with van der Waals surface area (Å²) < 4.78 is -0.531. The Bertz CT molecular complexity index is 304. The van der Waals surface area contributed by atoms with Gasteiger partial charge in [-0.15, -0.1) is 0 Å². The molecule has 0 radical (unpaired) electrons. The second-order valence-electron chi connectivity index (χ2n) is 3.66. The minimum absolute atomic E-state index is 0.0221. The van der Waals surface area contributed by atoms with E-state index in [0.29, 0.717) is 5.57 Å². The van der Waals surface area contributed by atoms with E-state index >= 15 is 0 Å². The number of unbranched alkanes of at least 4 members (excludes halogenated alkanes) is 1. The van der Waals surface area contributed by atoms with Crippen LogP contribution in [0.4, 0.5) is 0 Å². The lowest BCUT2D eigenvalue weighted by atomic mass is 10.0.